The van der Waals surface area contributed by atoms with E-state index < -0.39 is 23.7 Å². The SMILES string of the molecule is Cc1ccccc1N(C)C(=O)Cn1c(=O)c2cnc(-c3ccc(Cl)cc3)nc2n(C)c1=O. The van der Waals surface area contributed by atoms with Gasteiger partial charge in [0.15, 0.2) is 11.5 Å². The molecule has 2 aromatic carbocycles. The molecule has 0 bridgehead atoms. The van der Waals surface area contributed by atoms with Crippen molar-refractivity contribution < 1.29 is 4.79 Å². The number of para-hydroxylation sites is 1. The Kier molecular flexibility index (Phi) is 5.63. The Morgan fingerprint density at radius 1 is 1.09 bits per heavy atom. The second kappa shape index (κ2) is 8.39. The molecule has 0 spiro atoms. The summed E-state index contributed by atoms with van der Waals surface area (Å²) in [6, 6.07) is 14.3. The predicted molar refractivity (Wildman–Crippen MR) is 124 cm³/mol. The van der Waals surface area contributed by atoms with Crippen molar-refractivity contribution in [2.24, 2.45) is 7.05 Å². The molecule has 8 nitrogen and oxygen atoms in total. The van der Waals surface area contributed by atoms with Gasteiger partial charge in [0.1, 0.15) is 11.9 Å². The van der Waals surface area contributed by atoms with Gasteiger partial charge in [-0.1, -0.05) is 29.8 Å². The summed E-state index contributed by atoms with van der Waals surface area (Å²) in [5.41, 5.74) is 1.26. The molecule has 0 aliphatic carbocycles. The molecular weight excluding hydrogens is 430 g/mol. The normalized spacial score (nSPS) is 11.0. The fourth-order valence-electron chi connectivity index (χ4n) is 3.48. The molecular formula is C23H20ClN5O3. The summed E-state index contributed by atoms with van der Waals surface area (Å²) in [6.07, 6.45) is 1.38. The van der Waals surface area contributed by atoms with Crippen LogP contribution < -0.4 is 16.1 Å². The summed E-state index contributed by atoms with van der Waals surface area (Å²) >= 11 is 5.93. The van der Waals surface area contributed by atoms with Crippen LogP contribution in [0.4, 0.5) is 5.69 Å². The highest BCUT2D eigenvalue weighted by Gasteiger charge is 2.19. The molecule has 4 rings (SSSR count). The maximum Gasteiger partial charge on any atom is 0.332 e. The van der Waals surface area contributed by atoms with Gasteiger partial charge in [0.05, 0.1) is 0 Å². The van der Waals surface area contributed by atoms with Gasteiger partial charge in [-0.05, 0) is 42.8 Å². The molecule has 0 saturated carbocycles. The van der Waals surface area contributed by atoms with Gasteiger partial charge in [-0.15, -0.1) is 0 Å². The number of carbonyl (C=O) groups is 1. The van der Waals surface area contributed by atoms with Gasteiger partial charge in [-0.25, -0.2) is 14.8 Å². The highest BCUT2D eigenvalue weighted by Crippen LogP contribution is 2.20. The van der Waals surface area contributed by atoms with Gasteiger partial charge in [-0.2, -0.15) is 0 Å². The summed E-state index contributed by atoms with van der Waals surface area (Å²) in [5.74, 6) is -0.0340. The predicted octanol–water partition coefficient (Wildman–Crippen LogP) is 2.78. The zero-order valence-electron chi connectivity index (χ0n) is 17.7. The molecule has 0 fully saturated rings. The molecule has 9 heteroatoms. The second-order valence-corrected chi connectivity index (χ2v) is 7.85. The van der Waals surface area contributed by atoms with Gasteiger partial charge in [0.25, 0.3) is 5.56 Å². The lowest BCUT2D eigenvalue weighted by Crippen LogP contribution is -2.44. The van der Waals surface area contributed by atoms with E-state index in [1.54, 1.807) is 37.4 Å². The largest absolute Gasteiger partial charge is 0.332 e. The minimum atomic E-state index is -0.630. The molecule has 4 aromatic rings. The number of likely N-dealkylation sites (N-methyl/N-ethyl adjacent to an activating group) is 1. The summed E-state index contributed by atoms with van der Waals surface area (Å²) in [7, 11) is 3.12. The van der Waals surface area contributed by atoms with Gasteiger partial charge >= 0.3 is 5.69 Å². The summed E-state index contributed by atoms with van der Waals surface area (Å²) in [4.78, 5) is 49.0. The summed E-state index contributed by atoms with van der Waals surface area (Å²) < 4.78 is 2.16. The van der Waals surface area contributed by atoms with Crippen molar-refractivity contribution in [1.29, 1.82) is 0 Å². The molecule has 0 aliphatic heterocycles. The lowest BCUT2D eigenvalue weighted by Gasteiger charge is -2.20. The van der Waals surface area contributed by atoms with Crippen LogP contribution in [0.5, 0.6) is 0 Å². The number of carbonyl (C=O) groups excluding carboxylic acids is 1. The Bertz CT molecular complexity index is 1460. The van der Waals surface area contributed by atoms with E-state index in [-0.39, 0.29) is 11.0 Å². The van der Waals surface area contributed by atoms with Crippen molar-refractivity contribution in [1.82, 2.24) is 19.1 Å². The molecule has 0 radical (unpaired) electrons. The van der Waals surface area contributed by atoms with Crippen molar-refractivity contribution in [2.45, 2.75) is 13.5 Å². The molecule has 0 saturated heterocycles. The monoisotopic (exact) mass is 449 g/mol. The van der Waals surface area contributed by atoms with Crippen LogP contribution >= 0.6 is 11.6 Å². The Hall–Kier alpha value is -3.78. The van der Waals surface area contributed by atoms with Crippen LogP contribution in [0.3, 0.4) is 0 Å². The highest BCUT2D eigenvalue weighted by molar-refractivity contribution is 6.30. The first-order valence-electron chi connectivity index (χ1n) is 9.82. The van der Waals surface area contributed by atoms with Gasteiger partial charge in [0, 0.05) is 36.6 Å². The molecule has 0 unspecified atom stereocenters. The number of benzene rings is 2. The number of amides is 1. The number of hydrogen-bond donors (Lipinski definition) is 0. The van der Waals surface area contributed by atoms with E-state index in [2.05, 4.69) is 9.97 Å². The fourth-order valence-corrected chi connectivity index (χ4v) is 3.60. The van der Waals surface area contributed by atoms with Gasteiger partial charge in [-0.3, -0.25) is 18.7 Å². The third-order valence-corrected chi connectivity index (χ3v) is 5.58. The Morgan fingerprint density at radius 3 is 2.47 bits per heavy atom. The van der Waals surface area contributed by atoms with Crippen molar-refractivity contribution in [3.8, 4) is 11.4 Å². The maximum atomic E-state index is 13.0. The molecule has 32 heavy (non-hydrogen) atoms. The molecule has 162 valence electrons. The van der Waals surface area contributed by atoms with Crippen LogP contribution in [-0.4, -0.2) is 32.1 Å². The maximum absolute atomic E-state index is 13.0. The minimum Gasteiger partial charge on any atom is -0.314 e. The van der Waals surface area contributed by atoms with Crippen molar-refractivity contribution >= 4 is 34.2 Å². The Balaban J connectivity index is 1.75. The van der Waals surface area contributed by atoms with Crippen molar-refractivity contribution in [2.75, 3.05) is 11.9 Å². The van der Waals surface area contributed by atoms with E-state index in [4.69, 9.17) is 11.6 Å². The first kappa shape index (κ1) is 21.5. The average Bonchev–Trinajstić information content (AvgIpc) is 2.80. The standard InChI is InChI=1S/C23H20ClN5O3/c1-14-6-4-5-7-18(14)27(2)19(30)13-29-22(31)17-12-25-20(15-8-10-16(24)11-9-15)26-21(17)28(3)23(29)32/h4-12H,13H2,1-3H3. The third kappa shape index (κ3) is 3.80. The first-order valence-corrected chi connectivity index (χ1v) is 10.2. The fraction of sp³-hybridized carbons (Fsp3) is 0.174. The number of aryl methyl sites for hydroxylation is 2. The Labute approximate surface area is 188 Å². The lowest BCUT2D eigenvalue weighted by molar-refractivity contribution is -0.119. The van der Waals surface area contributed by atoms with Crippen LogP contribution in [0.15, 0.2) is 64.3 Å². The van der Waals surface area contributed by atoms with E-state index in [1.165, 1.54) is 22.7 Å². The highest BCUT2D eigenvalue weighted by atomic mass is 35.5. The van der Waals surface area contributed by atoms with E-state index in [0.29, 0.717) is 22.1 Å². The van der Waals surface area contributed by atoms with Gasteiger partial charge < -0.3 is 4.90 Å². The number of halogens is 1. The van der Waals surface area contributed by atoms with Crippen LogP contribution in [0.25, 0.3) is 22.4 Å². The van der Waals surface area contributed by atoms with Crippen molar-refractivity contribution in [3.05, 3.63) is 86.2 Å². The zero-order chi connectivity index (χ0) is 23.0. The molecule has 1 amide bonds. The van der Waals surface area contributed by atoms with Gasteiger partial charge in [0.2, 0.25) is 5.91 Å². The number of fused-ring (bicyclic) bond motifs is 1. The number of hydrogen-bond acceptors (Lipinski definition) is 5. The lowest BCUT2D eigenvalue weighted by atomic mass is 10.2. The van der Waals surface area contributed by atoms with Crippen LogP contribution in [0.2, 0.25) is 5.02 Å². The number of nitrogens with zero attached hydrogens (tertiary/aromatic N) is 5. The average molecular weight is 450 g/mol. The number of aromatic nitrogens is 4. The van der Waals surface area contributed by atoms with E-state index in [0.717, 1.165) is 10.1 Å². The van der Waals surface area contributed by atoms with E-state index in [9.17, 15) is 14.4 Å². The van der Waals surface area contributed by atoms with E-state index >= 15 is 0 Å². The first-order chi connectivity index (χ1) is 15.3. The minimum absolute atomic E-state index is 0.149. The topological polar surface area (TPSA) is 90.1 Å². The molecule has 0 N–H and O–H groups in total. The number of anilines is 1. The quantitative estimate of drug-likeness (QED) is 0.478. The van der Waals surface area contributed by atoms with Crippen LogP contribution in [0, 0.1) is 6.92 Å². The van der Waals surface area contributed by atoms with E-state index in [1.807, 2.05) is 25.1 Å². The summed E-state index contributed by atoms with van der Waals surface area (Å²) in [6.45, 7) is 1.49. The van der Waals surface area contributed by atoms with Crippen molar-refractivity contribution in [3.63, 3.8) is 0 Å². The van der Waals surface area contributed by atoms with Crippen LogP contribution in [-0.2, 0) is 18.4 Å². The molecule has 2 aromatic heterocycles. The Morgan fingerprint density at radius 2 is 1.78 bits per heavy atom. The smallest absolute Gasteiger partial charge is 0.314 e. The molecule has 2 heterocycles. The zero-order valence-corrected chi connectivity index (χ0v) is 18.5. The summed E-state index contributed by atoms with van der Waals surface area (Å²) in [5, 5.41) is 0.723. The third-order valence-electron chi connectivity index (χ3n) is 5.33. The molecule has 0 atom stereocenters. The van der Waals surface area contributed by atoms with Crippen LogP contribution in [0.1, 0.15) is 5.56 Å². The number of rotatable bonds is 4. The molecule has 0 aliphatic rings. The second-order valence-electron chi connectivity index (χ2n) is 7.41.